The number of aryl methyl sites for hydroxylation is 1. The second-order valence-corrected chi connectivity index (χ2v) is 6.49. The van der Waals surface area contributed by atoms with Gasteiger partial charge in [0.1, 0.15) is 5.75 Å². The fraction of sp³-hybridized carbons (Fsp3) is 0.136. The summed E-state index contributed by atoms with van der Waals surface area (Å²) in [5.41, 5.74) is 4.48. The van der Waals surface area contributed by atoms with Crippen LogP contribution in [0.5, 0.6) is 5.75 Å². The number of benzene rings is 3. The van der Waals surface area contributed by atoms with Crippen molar-refractivity contribution in [2.24, 2.45) is 0 Å². The molecule has 0 fully saturated rings. The van der Waals surface area contributed by atoms with Gasteiger partial charge in [-0.05, 0) is 54.5 Å². The van der Waals surface area contributed by atoms with Crippen LogP contribution in [0.15, 0.2) is 78.9 Å². The Labute approximate surface area is 160 Å². The van der Waals surface area contributed by atoms with Crippen LogP contribution < -0.4 is 15.4 Å². The Morgan fingerprint density at radius 2 is 1.46 bits per heavy atom. The van der Waals surface area contributed by atoms with Gasteiger partial charge in [-0.1, -0.05) is 60.2 Å². The molecule has 3 aromatic rings. The van der Waals surface area contributed by atoms with Gasteiger partial charge in [-0.3, -0.25) is 0 Å². The van der Waals surface area contributed by atoms with Crippen LogP contribution in [-0.2, 0) is 0 Å². The molecule has 3 rings (SSSR count). The molecule has 132 valence electrons. The summed E-state index contributed by atoms with van der Waals surface area (Å²) in [4.78, 5) is 0. The van der Waals surface area contributed by atoms with E-state index in [4.69, 9.17) is 17.0 Å². The molecule has 0 heterocycles. The van der Waals surface area contributed by atoms with Crippen molar-refractivity contribution in [1.82, 2.24) is 5.32 Å². The fourth-order valence-corrected chi connectivity index (χ4v) is 2.97. The predicted molar refractivity (Wildman–Crippen MR) is 112 cm³/mol. The van der Waals surface area contributed by atoms with Gasteiger partial charge in [0.2, 0.25) is 0 Å². The number of anilines is 1. The molecule has 0 radical (unpaired) electrons. The monoisotopic (exact) mass is 362 g/mol. The van der Waals surface area contributed by atoms with Gasteiger partial charge in [-0.15, -0.1) is 0 Å². The van der Waals surface area contributed by atoms with Crippen LogP contribution in [0, 0.1) is 6.92 Å². The maximum absolute atomic E-state index is 5.55. The third kappa shape index (κ3) is 4.61. The molecule has 0 aliphatic rings. The van der Waals surface area contributed by atoms with Crippen molar-refractivity contribution in [2.45, 2.75) is 13.0 Å². The van der Waals surface area contributed by atoms with Crippen molar-refractivity contribution >= 4 is 23.0 Å². The molecule has 0 amide bonds. The lowest BCUT2D eigenvalue weighted by Crippen LogP contribution is -2.33. The maximum atomic E-state index is 5.55. The Bertz CT molecular complexity index is 846. The van der Waals surface area contributed by atoms with Gasteiger partial charge in [-0.25, -0.2) is 0 Å². The molecule has 0 spiro atoms. The van der Waals surface area contributed by atoms with E-state index in [0.29, 0.717) is 5.11 Å². The molecule has 0 aromatic heterocycles. The van der Waals surface area contributed by atoms with E-state index in [-0.39, 0.29) is 6.04 Å². The van der Waals surface area contributed by atoms with Crippen molar-refractivity contribution in [3.8, 4) is 5.75 Å². The van der Waals surface area contributed by atoms with Crippen molar-refractivity contribution in [3.05, 3.63) is 95.6 Å². The summed E-state index contributed by atoms with van der Waals surface area (Å²) in [5.74, 6) is 0.816. The molecule has 0 aliphatic heterocycles. The van der Waals surface area contributed by atoms with Crippen LogP contribution in [0.2, 0.25) is 0 Å². The van der Waals surface area contributed by atoms with Crippen LogP contribution in [0.3, 0.4) is 0 Å². The average molecular weight is 362 g/mol. The van der Waals surface area contributed by atoms with Crippen molar-refractivity contribution in [3.63, 3.8) is 0 Å². The summed E-state index contributed by atoms with van der Waals surface area (Å²) >= 11 is 5.55. The number of methoxy groups -OCH3 is 1. The zero-order valence-corrected chi connectivity index (χ0v) is 15.7. The second kappa shape index (κ2) is 8.50. The van der Waals surface area contributed by atoms with E-state index in [9.17, 15) is 0 Å². The Balaban J connectivity index is 1.78. The number of rotatable bonds is 5. The van der Waals surface area contributed by atoms with E-state index >= 15 is 0 Å². The highest BCUT2D eigenvalue weighted by molar-refractivity contribution is 7.80. The Hall–Kier alpha value is -2.85. The molecule has 3 aromatic carbocycles. The SMILES string of the molecule is COc1ccc(NC(=S)N[C@H](c2ccccc2)c2ccc(C)cc2)cc1. The largest absolute Gasteiger partial charge is 0.497 e. The molecule has 0 unspecified atom stereocenters. The van der Waals surface area contributed by atoms with Crippen LogP contribution in [-0.4, -0.2) is 12.2 Å². The number of thiocarbonyl (C=S) groups is 1. The first-order valence-electron chi connectivity index (χ1n) is 8.49. The van der Waals surface area contributed by atoms with Gasteiger partial charge in [0.15, 0.2) is 5.11 Å². The minimum Gasteiger partial charge on any atom is -0.497 e. The molecular formula is C22H22N2OS. The summed E-state index contributed by atoms with van der Waals surface area (Å²) in [6.45, 7) is 2.09. The Kier molecular flexibility index (Phi) is 5.87. The van der Waals surface area contributed by atoms with E-state index in [1.807, 2.05) is 42.5 Å². The zero-order chi connectivity index (χ0) is 18.4. The van der Waals surface area contributed by atoms with Crippen molar-refractivity contribution in [2.75, 3.05) is 12.4 Å². The first-order chi connectivity index (χ1) is 12.7. The number of hydrogen-bond acceptors (Lipinski definition) is 2. The summed E-state index contributed by atoms with van der Waals surface area (Å²) in [7, 11) is 1.65. The summed E-state index contributed by atoms with van der Waals surface area (Å²) in [6.07, 6.45) is 0. The van der Waals surface area contributed by atoms with E-state index in [2.05, 4.69) is 54.0 Å². The molecule has 0 aliphatic carbocycles. The topological polar surface area (TPSA) is 33.3 Å². The molecule has 1 atom stereocenters. The van der Waals surface area contributed by atoms with E-state index in [1.54, 1.807) is 7.11 Å². The molecule has 4 heteroatoms. The molecule has 26 heavy (non-hydrogen) atoms. The van der Waals surface area contributed by atoms with Gasteiger partial charge in [0.25, 0.3) is 0 Å². The van der Waals surface area contributed by atoms with Crippen LogP contribution >= 0.6 is 12.2 Å². The van der Waals surface area contributed by atoms with E-state index < -0.39 is 0 Å². The maximum Gasteiger partial charge on any atom is 0.171 e. The summed E-state index contributed by atoms with van der Waals surface area (Å²) in [6, 6.07) is 26.5. The summed E-state index contributed by atoms with van der Waals surface area (Å²) < 4.78 is 5.19. The van der Waals surface area contributed by atoms with Gasteiger partial charge in [0, 0.05) is 5.69 Å². The summed E-state index contributed by atoms with van der Waals surface area (Å²) in [5, 5.41) is 7.25. The van der Waals surface area contributed by atoms with Crippen molar-refractivity contribution in [1.29, 1.82) is 0 Å². The van der Waals surface area contributed by atoms with Gasteiger partial charge in [0.05, 0.1) is 13.2 Å². The van der Waals surface area contributed by atoms with Crippen LogP contribution in [0.4, 0.5) is 5.69 Å². The normalized spacial score (nSPS) is 11.5. The average Bonchev–Trinajstić information content (AvgIpc) is 2.68. The minimum atomic E-state index is -0.0185. The quantitative estimate of drug-likeness (QED) is 0.620. The highest BCUT2D eigenvalue weighted by Crippen LogP contribution is 2.23. The van der Waals surface area contributed by atoms with E-state index in [0.717, 1.165) is 17.0 Å². The van der Waals surface area contributed by atoms with Gasteiger partial charge >= 0.3 is 0 Å². The third-order valence-corrected chi connectivity index (χ3v) is 4.39. The standard InChI is InChI=1S/C22H22N2OS/c1-16-8-10-18(11-9-16)21(17-6-4-3-5-7-17)24-22(26)23-19-12-14-20(25-2)15-13-19/h3-15,21H,1-2H3,(H2,23,24,26)/t21-/m1/s1. The first-order valence-corrected chi connectivity index (χ1v) is 8.89. The molecule has 0 saturated heterocycles. The van der Waals surface area contributed by atoms with Crippen LogP contribution in [0.1, 0.15) is 22.7 Å². The van der Waals surface area contributed by atoms with Gasteiger partial charge < -0.3 is 15.4 Å². The lowest BCUT2D eigenvalue weighted by atomic mass is 9.98. The highest BCUT2D eigenvalue weighted by atomic mass is 32.1. The molecule has 3 nitrogen and oxygen atoms in total. The molecule has 0 saturated carbocycles. The number of nitrogens with one attached hydrogen (secondary N) is 2. The zero-order valence-electron chi connectivity index (χ0n) is 14.9. The predicted octanol–water partition coefficient (Wildman–Crippen LogP) is 5.08. The number of ether oxygens (including phenoxy) is 1. The molecular weight excluding hydrogens is 340 g/mol. The lowest BCUT2D eigenvalue weighted by molar-refractivity contribution is 0.415. The molecule has 0 bridgehead atoms. The molecule has 2 N–H and O–H groups in total. The Morgan fingerprint density at radius 3 is 2.08 bits per heavy atom. The number of hydrogen-bond donors (Lipinski definition) is 2. The smallest absolute Gasteiger partial charge is 0.171 e. The van der Waals surface area contributed by atoms with Gasteiger partial charge in [-0.2, -0.15) is 0 Å². The fourth-order valence-electron chi connectivity index (χ4n) is 2.74. The van der Waals surface area contributed by atoms with Crippen molar-refractivity contribution < 1.29 is 4.74 Å². The van der Waals surface area contributed by atoms with E-state index in [1.165, 1.54) is 11.1 Å². The van der Waals surface area contributed by atoms with Crippen LogP contribution in [0.25, 0.3) is 0 Å². The Morgan fingerprint density at radius 1 is 0.846 bits per heavy atom. The minimum absolute atomic E-state index is 0.0185. The second-order valence-electron chi connectivity index (χ2n) is 6.08. The third-order valence-electron chi connectivity index (χ3n) is 4.17. The first kappa shape index (κ1) is 18.0. The lowest BCUT2D eigenvalue weighted by Gasteiger charge is -2.22. The highest BCUT2D eigenvalue weighted by Gasteiger charge is 2.15.